The third-order valence-electron chi connectivity index (χ3n) is 3.79. The van der Waals surface area contributed by atoms with E-state index in [0.29, 0.717) is 18.3 Å². The van der Waals surface area contributed by atoms with Gasteiger partial charge in [0.2, 0.25) is 5.89 Å². The van der Waals surface area contributed by atoms with Crippen molar-refractivity contribution in [3.8, 4) is 0 Å². The van der Waals surface area contributed by atoms with Gasteiger partial charge in [0, 0.05) is 30.9 Å². The Hall–Kier alpha value is -1.92. The number of thiophene rings is 1. The number of hydrogen-bond donors (Lipinski definition) is 1. The SMILES string of the molecule is c1cc(Cc2nc(N3CCNCC3)no2)c2ccsc2c1. The van der Waals surface area contributed by atoms with Crippen molar-refractivity contribution in [2.75, 3.05) is 31.1 Å². The summed E-state index contributed by atoms with van der Waals surface area (Å²) in [5.74, 6) is 1.39. The number of fused-ring (bicyclic) bond motifs is 1. The Balaban J connectivity index is 1.57. The normalized spacial score (nSPS) is 15.7. The number of hydrogen-bond acceptors (Lipinski definition) is 6. The van der Waals surface area contributed by atoms with E-state index in [2.05, 4.69) is 50.0 Å². The average Bonchev–Trinajstić information content (AvgIpc) is 3.17. The van der Waals surface area contributed by atoms with Crippen molar-refractivity contribution < 1.29 is 4.52 Å². The molecule has 0 aliphatic carbocycles. The van der Waals surface area contributed by atoms with Gasteiger partial charge in [0.15, 0.2) is 0 Å². The van der Waals surface area contributed by atoms with Crippen molar-refractivity contribution in [1.82, 2.24) is 15.5 Å². The second-order valence-corrected chi connectivity index (χ2v) is 6.10. The minimum atomic E-state index is 0.683. The van der Waals surface area contributed by atoms with E-state index in [0.717, 1.165) is 26.2 Å². The fourth-order valence-electron chi connectivity index (χ4n) is 2.68. The molecule has 0 unspecified atom stereocenters. The Labute approximate surface area is 126 Å². The molecule has 21 heavy (non-hydrogen) atoms. The summed E-state index contributed by atoms with van der Waals surface area (Å²) >= 11 is 1.76. The number of piperazine rings is 1. The third kappa shape index (κ3) is 2.52. The van der Waals surface area contributed by atoms with E-state index in [-0.39, 0.29) is 0 Å². The number of nitrogens with zero attached hydrogens (tertiary/aromatic N) is 3. The number of aromatic nitrogens is 2. The number of anilines is 1. The Morgan fingerprint density at radius 3 is 3.05 bits per heavy atom. The van der Waals surface area contributed by atoms with Crippen LogP contribution in [0.25, 0.3) is 10.1 Å². The first-order chi connectivity index (χ1) is 10.4. The van der Waals surface area contributed by atoms with Crippen molar-refractivity contribution in [2.24, 2.45) is 0 Å². The Morgan fingerprint density at radius 2 is 2.14 bits per heavy atom. The van der Waals surface area contributed by atoms with Crippen LogP contribution in [0, 0.1) is 0 Å². The first-order valence-corrected chi connectivity index (χ1v) is 8.01. The molecular formula is C15H16N4OS. The van der Waals surface area contributed by atoms with Crippen LogP contribution in [-0.4, -0.2) is 36.3 Å². The highest BCUT2D eigenvalue weighted by Gasteiger charge is 2.17. The number of rotatable bonds is 3. The summed E-state index contributed by atoms with van der Waals surface area (Å²) in [6.45, 7) is 3.80. The smallest absolute Gasteiger partial charge is 0.266 e. The Kier molecular flexibility index (Phi) is 3.33. The van der Waals surface area contributed by atoms with Crippen molar-refractivity contribution in [3.05, 3.63) is 41.1 Å². The predicted molar refractivity (Wildman–Crippen MR) is 84.0 cm³/mol. The molecule has 1 saturated heterocycles. The largest absolute Gasteiger partial charge is 0.337 e. The first kappa shape index (κ1) is 12.8. The standard InChI is InChI=1S/C15H16N4OS/c1-2-11(12-4-9-21-13(12)3-1)10-14-17-15(18-20-14)19-7-5-16-6-8-19/h1-4,9,16H,5-8,10H2. The minimum absolute atomic E-state index is 0.683. The van der Waals surface area contributed by atoms with Crippen molar-refractivity contribution in [1.29, 1.82) is 0 Å². The average molecular weight is 300 g/mol. The van der Waals surface area contributed by atoms with Crippen LogP contribution in [0.5, 0.6) is 0 Å². The molecule has 1 aliphatic rings. The lowest BCUT2D eigenvalue weighted by molar-refractivity contribution is 0.383. The molecule has 5 nitrogen and oxygen atoms in total. The van der Waals surface area contributed by atoms with Gasteiger partial charge in [-0.15, -0.1) is 11.3 Å². The fraction of sp³-hybridized carbons (Fsp3) is 0.333. The fourth-order valence-corrected chi connectivity index (χ4v) is 3.52. The van der Waals surface area contributed by atoms with E-state index in [9.17, 15) is 0 Å². The molecule has 6 heteroatoms. The highest BCUT2D eigenvalue weighted by Crippen LogP contribution is 2.26. The molecule has 2 aromatic heterocycles. The van der Waals surface area contributed by atoms with Crippen molar-refractivity contribution >= 4 is 27.4 Å². The van der Waals surface area contributed by atoms with E-state index >= 15 is 0 Å². The van der Waals surface area contributed by atoms with Crippen LogP contribution in [0.2, 0.25) is 0 Å². The molecule has 1 N–H and O–H groups in total. The summed E-state index contributed by atoms with van der Waals surface area (Å²) < 4.78 is 6.73. The summed E-state index contributed by atoms with van der Waals surface area (Å²) in [6.07, 6.45) is 0.688. The maximum Gasteiger partial charge on any atom is 0.266 e. The van der Waals surface area contributed by atoms with Crippen molar-refractivity contribution in [2.45, 2.75) is 6.42 Å². The molecule has 3 heterocycles. The van der Waals surface area contributed by atoms with Crippen molar-refractivity contribution in [3.63, 3.8) is 0 Å². The summed E-state index contributed by atoms with van der Waals surface area (Å²) in [6, 6.07) is 8.51. The van der Waals surface area contributed by atoms with Gasteiger partial charge in [-0.3, -0.25) is 0 Å². The zero-order valence-electron chi connectivity index (χ0n) is 11.6. The van der Waals surface area contributed by atoms with Crippen LogP contribution >= 0.6 is 11.3 Å². The topological polar surface area (TPSA) is 54.2 Å². The van der Waals surface area contributed by atoms with Gasteiger partial charge in [0.05, 0.1) is 6.42 Å². The minimum Gasteiger partial charge on any atom is -0.337 e. The molecule has 108 valence electrons. The van der Waals surface area contributed by atoms with Gasteiger partial charge in [-0.1, -0.05) is 12.1 Å². The highest BCUT2D eigenvalue weighted by molar-refractivity contribution is 7.17. The first-order valence-electron chi connectivity index (χ1n) is 7.13. The lowest BCUT2D eigenvalue weighted by Gasteiger charge is -2.25. The second kappa shape index (κ2) is 5.46. The molecule has 0 saturated carbocycles. The van der Waals surface area contributed by atoms with E-state index < -0.39 is 0 Å². The number of nitrogens with one attached hydrogen (secondary N) is 1. The lowest BCUT2D eigenvalue weighted by Crippen LogP contribution is -2.44. The summed E-state index contributed by atoms with van der Waals surface area (Å²) in [5.41, 5.74) is 1.24. The zero-order valence-corrected chi connectivity index (χ0v) is 12.4. The quantitative estimate of drug-likeness (QED) is 0.804. The Bertz CT molecular complexity index is 745. The second-order valence-electron chi connectivity index (χ2n) is 5.15. The monoisotopic (exact) mass is 300 g/mol. The van der Waals surface area contributed by atoms with Crippen LogP contribution in [0.3, 0.4) is 0 Å². The van der Waals surface area contributed by atoms with E-state index in [1.165, 1.54) is 15.6 Å². The predicted octanol–water partition coefficient (Wildman–Crippen LogP) is 2.28. The number of benzene rings is 1. The van der Waals surface area contributed by atoms with Gasteiger partial charge < -0.3 is 14.7 Å². The van der Waals surface area contributed by atoms with Crippen LogP contribution in [0.1, 0.15) is 11.5 Å². The maximum atomic E-state index is 5.43. The summed E-state index contributed by atoms with van der Waals surface area (Å²) in [4.78, 5) is 6.71. The van der Waals surface area contributed by atoms with Gasteiger partial charge in [-0.05, 0) is 33.6 Å². The van der Waals surface area contributed by atoms with E-state index in [1.807, 2.05) is 0 Å². The molecule has 3 aromatic rings. The molecule has 0 bridgehead atoms. The molecule has 0 spiro atoms. The van der Waals surface area contributed by atoms with Crippen LogP contribution in [0.4, 0.5) is 5.95 Å². The highest BCUT2D eigenvalue weighted by atomic mass is 32.1. The zero-order chi connectivity index (χ0) is 14.1. The maximum absolute atomic E-state index is 5.43. The van der Waals surface area contributed by atoms with Gasteiger partial charge in [0.25, 0.3) is 5.95 Å². The van der Waals surface area contributed by atoms with E-state index in [1.54, 1.807) is 11.3 Å². The summed E-state index contributed by atoms with van der Waals surface area (Å²) in [5, 5.41) is 10.8. The van der Waals surface area contributed by atoms with Crippen LogP contribution < -0.4 is 10.2 Å². The van der Waals surface area contributed by atoms with Gasteiger partial charge in [-0.25, -0.2) is 0 Å². The van der Waals surface area contributed by atoms with Gasteiger partial charge in [-0.2, -0.15) is 4.98 Å². The molecule has 4 rings (SSSR count). The molecule has 1 aliphatic heterocycles. The lowest BCUT2D eigenvalue weighted by atomic mass is 10.1. The molecular weight excluding hydrogens is 284 g/mol. The third-order valence-corrected chi connectivity index (χ3v) is 4.67. The molecule has 1 fully saturated rings. The van der Waals surface area contributed by atoms with Gasteiger partial charge in [0.1, 0.15) is 0 Å². The molecule has 0 radical (unpaired) electrons. The molecule has 1 aromatic carbocycles. The molecule has 0 atom stereocenters. The van der Waals surface area contributed by atoms with Crippen LogP contribution in [0.15, 0.2) is 34.2 Å². The van der Waals surface area contributed by atoms with Gasteiger partial charge >= 0.3 is 0 Å². The summed E-state index contributed by atoms with van der Waals surface area (Å²) in [7, 11) is 0. The van der Waals surface area contributed by atoms with E-state index in [4.69, 9.17) is 4.52 Å². The Morgan fingerprint density at radius 1 is 1.24 bits per heavy atom. The van der Waals surface area contributed by atoms with Crippen LogP contribution in [-0.2, 0) is 6.42 Å². The molecule has 0 amide bonds.